The number of hydrogen-bond donors (Lipinski definition) is 2. The van der Waals surface area contributed by atoms with Gasteiger partial charge in [-0.25, -0.2) is 0 Å². The first-order valence-corrected chi connectivity index (χ1v) is 3.56. The van der Waals surface area contributed by atoms with E-state index in [0.29, 0.717) is 12.8 Å². The van der Waals surface area contributed by atoms with Crippen molar-refractivity contribution in [2.24, 2.45) is 0 Å². The zero-order valence-electron chi connectivity index (χ0n) is 6.55. The van der Waals surface area contributed by atoms with Gasteiger partial charge in [-0.15, -0.1) is 0 Å². The van der Waals surface area contributed by atoms with Crippen molar-refractivity contribution < 1.29 is 9.90 Å². The molecule has 0 saturated carbocycles. The molecule has 2 N–H and O–H groups in total. The number of rotatable bonds is 5. The predicted molar refractivity (Wildman–Crippen MR) is 39.6 cm³/mol. The number of aldehydes is 1. The Kier molecular flexibility index (Phi) is 4.23. The molecule has 0 aromatic rings. The second-order valence-electron chi connectivity index (χ2n) is 2.55. The van der Waals surface area contributed by atoms with E-state index in [1.807, 2.05) is 0 Å². The van der Waals surface area contributed by atoms with E-state index in [2.05, 4.69) is 12.2 Å². The summed E-state index contributed by atoms with van der Waals surface area (Å²) >= 11 is 0. The van der Waals surface area contributed by atoms with Crippen LogP contribution in [0.1, 0.15) is 26.7 Å². The predicted octanol–water partition coefficient (Wildman–Crippen LogP) is 0.283. The molecular formula is C7H15NO2. The molecular weight excluding hydrogens is 130 g/mol. The molecule has 0 aliphatic rings. The van der Waals surface area contributed by atoms with Gasteiger partial charge in [0.05, 0.1) is 0 Å². The third kappa shape index (κ3) is 4.47. The molecule has 0 aliphatic carbocycles. The molecule has 0 radical (unpaired) electrons. The van der Waals surface area contributed by atoms with Crippen molar-refractivity contribution in [3.8, 4) is 0 Å². The van der Waals surface area contributed by atoms with E-state index in [1.54, 1.807) is 0 Å². The molecule has 0 amide bonds. The van der Waals surface area contributed by atoms with Crippen LogP contribution < -0.4 is 5.32 Å². The third-order valence-electron chi connectivity index (χ3n) is 1.24. The summed E-state index contributed by atoms with van der Waals surface area (Å²) < 4.78 is 0. The van der Waals surface area contributed by atoms with Gasteiger partial charge >= 0.3 is 0 Å². The summed E-state index contributed by atoms with van der Waals surface area (Å²) in [7, 11) is 0. The summed E-state index contributed by atoms with van der Waals surface area (Å²) in [4.78, 5) is 10.1. The van der Waals surface area contributed by atoms with Gasteiger partial charge < -0.3 is 5.11 Å². The highest BCUT2D eigenvalue weighted by Gasteiger charge is 2.15. The molecule has 0 saturated heterocycles. The lowest BCUT2D eigenvalue weighted by Crippen LogP contribution is -2.44. The van der Waals surface area contributed by atoms with E-state index in [0.717, 1.165) is 12.8 Å². The Morgan fingerprint density at radius 3 is 2.70 bits per heavy atom. The molecule has 3 heteroatoms. The van der Waals surface area contributed by atoms with Crippen LogP contribution in [0.15, 0.2) is 0 Å². The van der Waals surface area contributed by atoms with Crippen LogP contribution >= 0.6 is 0 Å². The lowest BCUT2D eigenvalue weighted by molar-refractivity contribution is -0.125. The van der Waals surface area contributed by atoms with Gasteiger partial charge in [0.25, 0.3) is 0 Å². The van der Waals surface area contributed by atoms with Crippen LogP contribution in [0, 0.1) is 0 Å². The molecule has 0 aromatic heterocycles. The first-order valence-electron chi connectivity index (χ1n) is 3.56. The Bertz CT molecular complexity index is 102. The van der Waals surface area contributed by atoms with Crippen molar-refractivity contribution in [3.05, 3.63) is 0 Å². The molecule has 0 heterocycles. The minimum Gasteiger partial charge on any atom is -0.369 e. The Morgan fingerprint density at radius 2 is 2.30 bits per heavy atom. The summed E-state index contributed by atoms with van der Waals surface area (Å²) in [5, 5.41) is 11.8. The molecule has 0 aromatic carbocycles. The smallest absolute Gasteiger partial charge is 0.169 e. The van der Waals surface area contributed by atoms with E-state index in [4.69, 9.17) is 5.11 Å². The van der Waals surface area contributed by atoms with Gasteiger partial charge in [0.1, 0.15) is 0 Å². The van der Waals surface area contributed by atoms with Crippen molar-refractivity contribution in [1.82, 2.24) is 5.32 Å². The fourth-order valence-corrected chi connectivity index (χ4v) is 0.560. The summed E-state index contributed by atoms with van der Waals surface area (Å²) in [6.07, 6.45) is 2.54. The van der Waals surface area contributed by atoms with Gasteiger partial charge in [0, 0.05) is 0 Å². The van der Waals surface area contributed by atoms with Gasteiger partial charge in [-0.3, -0.25) is 10.1 Å². The Morgan fingerprint density at radius 1 is 1.70 bits per heavy atom. The lowest BCUT2D eigenvalue weighted by atomic mass is 10.2. The maximum atomic E-state index is 10.1. The minimum atomic E-state index is -1.34. The third-order valence-corrected chi connectivity index (χ3v) is 1.24. The first-order chi connectivity index (χ1) is 4.62. The number of nitrogens with one attached hydrogen (secondary N) is 1. The second kappa shape index (κ2) is 4.41. The minimum absolute atomic E-state index is 0.503. The SMILES string of the molecule is CCCCNC(C)(O)C=O. The Hall–Kier alpha value is -0.410. The van der Waals surface area contributed by atoms with E-state index in [1.165, 1.54) is 6.92 Å². The van der Waals surface area contributed by atoms with Crippen LogP contribution in [-0.4, -0.2) is 23.7 Å². The zero-order chi connectivity index (χ0) is 8.04. The van der Waals surface area contributed by atoms with Crippen LogP contribution in [0.3, 0.4) is 0 Å². The molecule has 0 spiro atoms. The van der Waals surface area contributed by atoms with Gasteiger partial charge in [-0.05, 0) is 19.9 Å². The molecule has 0 bridgehead atoms. The maximum absolute atomic E-state index is 10.1. The highest BCUT2D eigenvalue weighted by atomic mass is 16.3. The largest absolute Gasteiger partial charge is 0.369 e. The van der Waals surface area contributed by atoms with Crippen molar-refractivity contribution in [2.75, 3.05) is 6.54 Å². The molecule has 10 heavy (non-hydrogen) atoms. The zero-order valence-corrected chi connectivity index (χ0v) is 6.55. The number of unbranched alkanes of at least 4 members (excludes halogenated alkanes) is 1. The summed E-state index contributed by atoms with van der Waals surface area (Å²) in [6, 6.07) is 0. The van der Waals surface area contributed by atoms with E-state index in [9.17, 15) is 4.79 Å². The average Bonchev–Trinajstić information content (AvgIpc) is 1.89. The van der Waals surface area contributed by atoms with Gasteiger partial charge in [-0.2, -0.15) is 0 Å². The molecule has 0 fully saturated rings. The molecule has 0 aliphatic heterocycles. The highest BCUT2D eigenvalue weighted by molar-refractivity contribution is 5.60. The number of hydrogen-bond acceptors (Lipinski definition) is 3. The van der Waals surface area contributed by atoms with Gasteiger partial charge in [-0.1, -0.05) is 13.3 Å². The standard InChI is InChI=1S/C7H15NO2/c1-3-4-5-8-7(2,10)6-9/h6,8,10H,3-5H2,1-2H3. The average molecular weight is 145 g/mol. The van der Waals surface area contributed by atoms with Crippen molar-refractivity contribution in [2.45, 2.75) is 32.4 Å². The normalized spacial score (nSPS) is 16.3. The number of aliphatic hydroxyl groups is 1. The summed E-state index contributed by atoms with van der Waals surface area (Å²) in [5.74, 6) is 0. The fraction of sp³-hybridized carbons (Fsp3) is 0.857. The van der Waals surface area contributed by atoms with Crippen molar-refractivity contribution in [3.63, 3.8) is 0 Å². The fourth-order valence-electron chi connectivity index (χ4n) is 0.560. The van der Waals surface area contributed by atoms with E-state index >= 15 is 0 Å². The second-order valence-corrected chi connectivity index (χ2v) is 2.55. The Labute approximate surface area is 61.4 Å². The first kappa shape index (κ1) is 9.59. The molecule has 1 unspecified atom stereocenters. The van der Waals surface area contributed by atoms with E-state index in [-0.39, 0.29) is 0 Å². The highest BCUT2D eigenvalue weighted by Crippen LogP contribution is 1.92. The molecule has 1 atom stereocenters. The van der Waals surface area contributed by atoms with Crippen LogP contribution in [0.2, 0.25) is 0 Å². The lowest BCUT2D eigenvalue weighted by Gasteiger charge is -2.16. The van der Waals surface area contributed by atoms with E-state index < -0.39 is 5.72 Å². The summed E-state index contributed by atoms with van der Waals surface area (Å²) in [6.45, 7) is 4.18. The van der Waals surface area contributed by atoms with Crippen molar-refractivity contribution in [1.29, 1.82) is 0 Å². The topological polar surface area (TPSA) is 49.3 Å². The van der Waals surface area contributed by atoms with Crippen LogP contribution in [0.5, 0.6) is 0 Å². The quantitative estimate of drug-likeness (QED) is 0.332. The molecule has 3 nitrogen and oxygen atoms in total. The number of carbonyl (C=O) groups excluding carboxylic acids is 1. The van der Waals surface area contributed by atoms with Crippen molar-refractivity contribution >= 4 is 6.29 Å². The molecule has 0 rings (SSSR count). The van der Waals surface area contributed by atoms with Gasteiger partial charge in [0.15, 0.2) is 12.0 Å². The number of carbonyl (C=O) groups is 1. The van der Waals surface area contributed by atoms with Gasteiger partial charge in [0.2, 0.25) is 0 Å². The Balaban J connectivity index is 3.37. The monoisotopic (exact) mass is 145 g/mol. The maximum Gasteiger partial charge on any atom is 0.169 e. The summed E-state index contributed by atoms with van der Waals surface area (Å²) in [5.41, 5.74) is -1.34. The van der Waals surface area contributed by atoms with Crippen LogP contribution in [0.25, 0.3) is 0 Å². The van der Waals surface area contributed by atoms with Crippen LogP contribution in [0.4, 0.5) is 0 Å². The van der Waals surface area contributed by atoms with Crippen LogP contribution in [-0.2, 0) is 4.79 Å². The molecule has 60 valence electrons.